The lowest BCUT2D eigenvalue weighted by atomic mass is 10.2. The lowest BCUT2D eigenvalue weighted by Crippen LogP contribution is -2.25. The fourth-order valence-corrected chi connectivity index (χ4v) is 3.05. The molecule has 132 valence electrons. The van der Waals surface area contributed by atoms with E-state index in [1.54, 1.807) is 25.1 Å². The van der Waals surface area contributed by atoms with Gasteiger partial charge in [-0.05, 0) is 32.0 Å². The number of rotatable bonds is 6. The number of carbonyl (C=O) groups excluding carboxylic acids is 1. The molecule has 0 aliphatic carbocycles. The van der Waals surface area contributed by atoms with Crippen LogP contribution in [0.1, 0.15) is 25.0 Å². The lowest BCUT2D eigenvalue weighted by Gasteiger charge is -2.14. The number of hydrogen-bond donors (Lipinski definition) is 2. The van der Waals surface area contributed by atoms with Gasteiger partial charge in [-0.15, -0.1) is 0 Å². The van der Waals surface area contributed by atoms with Gasteiger partial charge in [-0.2, -0.15) is 10.5 Å². The van der Waals surface area contributed by atoms with Crippen molar-refractivity contribution in [1.82, 2.24) is 0 Å². The van der Waals surface area contributed by atoms with Crippen LogP contribution in [-0.2, 0) is 4.79 Å². The number of thioether (sulfide) groups is 1. The van der Waals surface area contributed by atoms with Crippen molar-refractivity contribution in [2.75, 3.05) is 17.7 Å². The number of hydrogen-bond acceptors (Lipinski definition) is 6. The van der Waals surface area contributed by atoms with Crippen molar-refractivity contribution in [2.45, 2.75) is 24.1 Å². The Morgan fingerprint density at radius 3 is 2.69 bits per heavy atom. The van der Waals surface area contributed by atoms with Gasteiger partial charge in [0.25, 0.3) is 5.82 Å². The van der Waals surface area contributed by atoms with E-state index in [0.717, 1.165) is 11.8 Å². The van der Waals surface area contributed by atoms with Gasteiger partial charge in [-0.25, -0.2) is 4.98 Å². The van der Waals surface area contributed by atoms with E-state index in [4.69, 9.17) is 15.7 Å². The molecule has 26 heavy (non-hydrogen) atoms. The maximum Gasteiger partial charge on any atom is 0.289 e. The zero-order chi connectivity index (χ0) is 19.1. The van der Waals surface area contributed by atoms with Crippen molar-refractivity contribution < 1.29 is 14.5 Å². The van der Waals surface area contributed by atoms with Gasteiger partial charge in [0.15, 0.2) is 5.03 Å². The molecule has 0 fully saturated rings. The van der Waals surface area contributed by atoms with Crippen molar-refractivity contribution in [3.8, 4) is 17.9 Å². The van der Waals surface area contributed by atoms with Crippen LogP contribution in [-0.4, -0.2) is 17.8 Å². The number of nitrogens with one attached hydrogen (secondary N) is 2. The van der Waals surface area contributed by atoms with Crippen molar-refractivity contribution in [2.24, 2.45) is 0 Å². The number of nitriles is 2. The number of nitrogens with zero attached hydrogens (tertiary/aromatic N) is 2. The second-order valence-electron chi connectivity index (χ2n) is 5.24. The van der Waals surface area contributed by atoms with Gasteiger partial charge in [0.2, 0.25) is 5.91 Å². The molecule has 1 aromatic carbocycles. The topological polar surface area (TPSA) is 126 Å². The molecule has 1 amide bonds. The number of nitrogens with two attached hydrogens (primary N) is 1. The van der Waals surface area contributed by atoms with Gasteiger partial charge >= 0.3 is 0 Å². The number of pyridine rings is 1. The molecule has 0 saturated carbocycles. The van der Waals surface area contributed by atoms with Crippen LogP contribution in [0.4, 0.5) is 11.5 Å². The predicted molar refractivity (Wildman–Crippen MR) is 98.4 cm³/mol. The molecule has 0 aliphatic rings. The fraction of sp³-hybridized carbons (Fsp3) is 0.222. The summed E-state index contributed by atoms with van der Waals surface area (Å²) in [6, 6.07) is 12.5. The fourth-order valence-electron chi connectivity index (χ4n) is 2.13. The molecule has 1 heterocycles. The Morgan fingerprint density at radius 1 is 1.35 bits per heavy atom. The number of para-hydroxylation sites is 2. The summed E-state index contributed by atoms with van der Waals surface area (Å²) in [4.78, 5) is 15.3. The average molecular weight is 368 g/mol. The zero-order valence-electron chi connectivity index (χ0n) is 14.4. The van der Waals surface area contributed by atoms with Crippen molar-refractivity contribution >= 4 is 29.2 Å². The van der Waals surface area contributed by atoms with Gasteiger partial charge in [0, 0.05) is 0 Å². The highest BCUT2D eigenvalue weighted by Gasteiger charge is 2.22. The van der Waals surface area contributed by atoms with Crippen molar-refractivity contribution in [1.29, 1.82) is 10.5 Å². The molecule has 1 atom stereocenters. The number of amides is 1. The van der Waals surface area contributed by atoms with E-state index < -0.39 is 5.25 Å². The number of anilines is 2. The summed E-state index contributed by atoms with van der Waals surface area (Å²) in [5.74, 6) is 0.498. The number of aromatic amines is 1. The Bertz CT molecular complexity index is 901. The van der Waals surface area contributed by atoms with Crippen molar-refractivity contribution in [3.63, 3.8) is 0 Å². The molecule has 1 aromatic heterocycles. The first-order valence-corrected chi connectivity index (χ1v) is 8.73. The highest BCUT2D eigenvalue weighted by molar-refractivity contribution is 8.00. The predicted octanol–water partition coefficient (Wildman–Crippen LogP) is 2.34. The third-order valence-electron chi connectivity index (χ3n) is 3.42. The lowest BCUT2D eigenvalue weighted by molar-refractivity contribution is -0.410. The number of aromatic nitrogens is 1. The molecule has 2 rings (SSSR count). The van der Waals surface area contributed by atoms with Crippen molar-refractivity contribution in [3.05, 3.63) is 41.5 Å². The molecular formula is C18H18N5O2S+. The first-order chi connectivity index (χ1) is 12.5. The SMILES string of the molecule is CCOc1ccccc1NC(=O)[C@H](C)Sc1[nH+]c(N)c(C#N)cc1C#N. The second-order valence-corrected chi connectivity index (χ2v) is 6.59. The first-order valence-electron chi connectivity index (χ1n) is 7.85. The Balaban J connectivity index is 2.17. The molecule has 0 unspecified atom stereocenters. The molecule has 0 aliphatic heterocycles. The molecular weight excluding hydrogens is 350 g/mol. The molecule has 0 radical (unpaired) electrons. The van der Waals surface area contributed by atoms with Gasteiger partial charge in [-0.1, -0.05) is 23.9 Å². The van der Waals surface area contributed by atoms with Gasteiger partial charge < -0.3 is 10.1 Å². The summed E-state index contributed by atoms with van der Waals surface area (Å²) < 4.78 is 5.50. The van der Waals surface area contributed by atoms with E-state index in [0.29, 0.717) is 23.1 Å². The Morgan fingerprint density at radius 2 is 2.04 bits per heavy atom. The summed E-state index contributed by atoms with van der Waals surface area (Å²) in [5.41, 5.74) is 6.79. The zero-order valence-corrected chi connectivity index (χ0v) is 15.2. The van der Waals surface area contributed by atoms with Gasteiger partial charge in [0.05, 0.1) is 17.5 Å². The van der Waals surface area contributed by atoms with Crippen LogP contribution >= 0.6 is 11.8 Å². The van der Waals surface area contributed by atoms with E-state index in [-0.39, 0.29) is 22.9 Å². The molecule has 0 saturated heterocycles. The molecule has 8 heteroatoms. The maximum atomic E-state index is 12.5. The minimum Gasteiger partial charge on any atom is -0.492 e. The number of benzene rings is 1. The average Bonchev–Trinajstić information content (AvgIpc) is 2.63. The molecule has 7 nitrogen and oxygen atoms in total. The van der Waals surface area contributed by atoms with Gasteiger partial charge in [0.1, 0.15) is 29.0 Å². The maximum absolute atomic E-state index is 12.5. The van der Waals surface area contributed by atoms with Crippen LogP contribution in [0.5, 0.6) is 5.75 Å². The number of nitrogen functional groups attached to an aromatic ring is 1. The third kappa shape index (κ3) is 4.44. The van der Waals surface area contributed by atoms with E-state index in [1.165, 1.54) is 6.07 Å². The summed E-state index contributed by atoms with van der Waals surface area (Å²) in [6.07, 6.45) is 0. The smallest absolute Gasteiger partial charge is 0.289 e. The van der Waals surface area contributed by atoms with E-state index in [1.807, 2.05) is 25.1 Å². The normalized spacial score (nSPS) is 11.1. The largest absolute Gasteiger partial charge is 0.492 e. The molecule has 0 spiro atoms. The summed E-state index contributed by atoms with van der Waals surface area (Å²) >= 11 is 1.15. The molecule has 2 aromatic rings. The van der Waals surface area contributed by atoms with Crippen LogP contribution in [0, 0.1) is 22.7 Å². The number of ether oxygens (including phenoxy) is 1. The van der Waals surface area contributed by atoms with Crippen LogP contribution in [0.2, 0.25) is 0 Å². The Hall–Kier alpha value is -3.23. The summed E-state index contributed by atoms with van der Waals surface area (Å²) in [7, 11) is 0. The standard InChI is InChI=1S/C18H17N5O2S/c1-3-25-15-7-5-4-6-14(15)22-17(24)11(2)26-18-13(10-20)8-12(9-19)16(21)23-18/h4-8,11H,3H2,1-2H3,(H2,21,23)(H,22,24)/p+1/t11-/m0/s1. The number of carbonyl (C=O) groups is 1. The monoisotopic (exact) mass is 368 g/mol. The highest BCUT2D eigenvalue weighted by atomic mass is 32.2. The quantitative estimate of drug-likeness (QED) is 0.754. The minimum absolute atomic E-state index is 0.156. The molecule has 0 bridgehead atoms. The van der Waals surface area contributed by atoms with Crippen LogP contribution in [0.25, 0.3) is 0 Å². The Labute approximate surface area is 155 Å². The second kappa shape index (κ2) is 8.75. The summed E-state index contributed by atoms with van der Waals surface area (Å²) in [6.45, 7) is 4.07. The Kier molecular flexibility index (Phi) is 6.42. The minimum atomic E-state index is -0.514. The van der Waals surface area contributed by atoms with E-state index in [2.05, 4.69) is 10.3 Å². The van der Waals surface area contributed by atoms with E-state index >= 15 is 0 Å². The third-order valence-corrected chi connectivity index (χ3v) is 4.55. The van der Waals surface area contributed by atoms with E-state index in [9.17, 15) is 10.1 Å². The number of H-pyrrole nitrogens is 1. The van der Waals surface area contributed by atoms with Crippen LogP contribution < -0.4 is 20.8 Å². The highest BCUT2D eigenvalue weighted by Crippen LogP contribution is 2.28. The van der Waals surface area contributed by atoms with Gasteiger partial charge in [-0.3, -0.25) is 10.5 Å². The first kappa shape index (κ1) is 19.1. The summed E-state index contributed by atoms with van der Waals surface area (Å²) in [5, 5.41) is 21.0. The van der Waals surface area contributed by atoms with Crippen LogP contribution in [0.3, 0.4) is 0 Å². The molecule has 4 N–H and O–H groups in total. The van der Waals surface area contributed by atoms with Crippen LogP contribution in [0.15, 0.2) is 35.4 Å².